The second-order valence-corrected chi connectivity index (χ2v) is 7.36. The van der Waals surface area contributed by atoms with Crippen molar-refractivity contribution in [2.75, 3.05) is 26.7 Å². The molecule has 1 saturated heterocycles. The van der Waals surface area contributed by atoms with E-state index in [0.717, 1.165) is 23.3 Å². The van der Waals surface area contributed by atoms with Crippen LogP contribution in [0.1, 0.15) is 40.7 Å². The van der Waals surface area contributed by atoms with Crippen molar-refractivity contribution >= 4 is 11.8 Å². The molecule has 148 valence electrons. The van der Waals surface area contributed by atoms with E-state index in [4.69, 9.17) is 4.74 Å². The second kappa shape index (κ2) is 8.91. The minimum absolute atomic E-state index is 0.00822. The first kappa shape index (κ1) is 19.9. The molecule has 2 aromatic rings. The lowest BCUT2D eigenvalue weighted by molar-refractivity contribution is -0.124. The molecule has 3 rings (SSSR count). The average Bonchev–Trinajstić information content (AvgIpc) is 3.17. The van der Waals surface area contributed by atoms with Gasteiger partial charge < -0.3 is 15.0 Å². The van der Waals surface area contributed by atoms with Crippen LogP contribution in [-0.4, -0.2) is 43.5 Å². The Morgan fingerprint density at radius 2 is 1.89 bits per heavy atom. The van der Waals surface area contributed by atoms with Crippen LogP contribution >= 0.6 is 0 Å². The number of hydrogen-bond donors (Lipinski definition) is 1. The van der Waals surface area contributed by atoms with Crippen LogP contribution in [0.25, 0.3) is 0 Å². The molecule has 1 heterocycles. The maximum atomic E-state index is 13.0. The zero-order valence-corrected chi connectivity index (χ0v) is 16.8. The zero-order valence-electron chi connectivity index (χ0n) is 16.8. The van der Waals surface area contributed by atoms with Crippen LogP contribution in [0.2, 0.25) is 0 Å². The van der Waals surface area contributed by atoms with Gasteiger partial charge >= 0.3 is 0 Å². The van der Waals surface area contributed by atoms with Gasteiger partial charge in [0.1, 0.15) is 5.75 Å². The lowest BCUT2D eigenvalue weighted by atomic mass is 9.88. The summed E-state index contributed by atoms with van der Waals surface area (Å²) in [6.45, 7) is 5.61. The molecule has 0 aliphatic carbocycles. The maximum Gasteiger partial charge on any atom is 0.253 e. The third kappa shape index (κ3) is 4.35. The van der Waals surface area contributed by atoms with Crippen molar-refractivity contribution in [2.24, 2.45) is 5.92 Å². The van der Waals surface area contributed by atoms with Gasteiger partial charge in [-0.25, -0.2) is 0 Å². The van der Waals surface area contributed by atoms with Gasteiger partial charge in [0, 0.05) is 31.1 Å². The average molecular weight is 380 g/mol. The fraction of sp³-hybridized carbons (Fsp3) is 0.391. The first-order valence-electron chi connectivity index (χ1n) is 9.81. The highest BCUT2D eigenvalue weighted by molar-refractivity contribution is 5.95. The van der Waals surface area contributed by atoms with Crippen molar-refractivity contribution in [3.63, 3.8) is 0 Å². The van der Waals surface area contributed by atoms with Gasteiger partial charge in [0.25, 0.3) is 5.91 Å². The Hall–Kier alpha value is -2.82. The molecule has 2 atom stereocenters. The molecule has 1 N–H and O–H groups in total. The second-order valence-electron chi connectivity index (χ2n) is 7.36. The summed E-state index contributed by atoms with van der Waals surface area (Å²) in [6.07, 6.45) is 0.883. The Morgan fingerprint density at radius 3 is 2.57 bits per heavy atom. The lowest BCUT2D eigenvalue weighted by Gasteiger charge is -2.18. The van der Waals surface area contributed by atoms with Crippen LogP contribution < -0.4 is 10.1 Å². The highest BCUT2D eigenvalue weighted by atomic mass is 16.5. The summed E-state index contributed by atoms with van der Waals surface area (Å²) in [5, 5.41) is 3.00. The largest absolute Gasteiger partial charge is 0.497 e. The maximum absolute atomic E-state index is 13.0. The van der Waals surface area contributed by atoms with E-state index in [1.807, 2.05) is 62.4 Å². The number of aryl methyl sites for hydroxylation is 1. The Kier molecular flexibility index (Phi) is 6.34. The molecule has 0 saturated carbocycles. The molecule has 2 amide bonds. The van der Waals surface area contributed by atoms with E-state index in [9.17, 15) is 9.59 Å². The molecule has 5 heteroatoms. The van der Waals surface area contributed by atoms with Crippen molar-refractivity contribution in [2.45, 2.75) is 26.2 Å². The number of carbonyl (C=O) groups excluding carboxylic acids is 2. The van der Waals surface area contributed by atoms with Gasteiger partial charge in [-0.2, -0.15) is 0 Å². The van der Waals surface area contributed by atoms with Crippen molar-refractivity contribution in [1.82, 2.24) is 10.2 Å². The van der Waals surface area contributed by atoms with Gasteiger partial charge in [-0.15, -0.1) is 0 Å². The van der Waals surface area contributed by atoms with Crippen LogP contribution in [0.5, 0.6) is 5.75 Å². The Morgan fingerprint density at radius 1 is 1.14 bits per heavy atom. The number of amides is 2. The number of nitrogens with zero attached hydrogens (tertiary/aromatic N) is 1. The zero-order chi connectivity index (χ0) is 20.1. The summed E-state index contributed by atoms with van der Waals surface area (Å²) in [5.74, 6) is 0.413. The first-order valence-corrected chi connectivity index (χ1v) is 9.81. The van der Waals surface area contributed by atoms with E-state index in [1.54, 1.807) is 12.0 Å². The van der Waals surface area contributed by atoms with Gasteiger partial charge in [0.05, 0.1) is 13.0 Å². The Bertz CT molecular complexity index is 832. The lowest BCUT2D eigenvalue weighted by Crippen LogP contribution is -2.36. The van der Waals surface area contributed by atoms with Crippen LogP contribution in [0, 0.1) is 12.8 Å². The van der Waals surface area contributed by atoms with E-state index in [1.165, 1.54) is 0 Å². The molecular weight excluding hydrogens is 352 g/mol. The fourth-order valence-corrected chi connectivity index (χ4v) is 3.70. The van der Waals surface area contributed by atoms with Crippen molar-refractivity contribution in [1.29, 1.82) is 0 Å². The van der Waals surface area contributed by atoms with Crippen LogP contribution in [-0.2, 0) is 4.79 Å². The summed E-state index contributed by atoms with van der Waals surface area (Å²) >= 11 is 0. The third-order valence-electron chi connectivity index (χ3n) is 5.31. The molecule has 1 fully saturated rings. The predicted molar refractivity (Wildman–Crippen MR) is 110 cm³/mol. The molecule has 5 nitrogen and oxygen atoms in total. The smallest absolute Gasteiger partial charge is 0.253 e. The molecule has 28 heavy (non-hydrogen) atoms. The van der Waals surface area contributed by atoms with E-state index < -0.39 is 0 Å². The number of methoxy groups -OCH3 is 1. The SMILES string of the molecule is CCCNC(=O)[C@H]1CN(C(=O)c2ccc(C)cc2)C[C@H]1c1cccc(OC)c1. The van der Waals surface area contributed by atoms with Gasteiger partial charge in [-0.1, -0.05) is 36.8 Å². The minimum Gasteiger partial charge on any atom is -0.497 e. The number of ether oxygens (including phenoxy) is 1. The van der Waals surface area contributed by atoms with Crippen LogP contribution in [0.3, 0.4) is 0 Å². The van der Waals surface area contributed by atoms with E-state index in [2.05, 4.69) is 5.32 Å². The number of benzene rings is 2. The van der Waals surface area contributed by atoms with Crippen molar-refractivity contribution < 1.29 is 14.3 Å². The molecule has 1 aliphatic heterocycles. The van der Waals surface area contributed by atoms with Gasteiger partial charge in [-0.3, -0.25) is 9.59 Å². The van der Waals surface area contributed by atoms with Gasteiger partial charge in [0.15, 0.2) is 0 Å². The van der Waals surface area contributed by atoms with Crippen LogP contribution in [0.4, 0.5) is 0 Å². The number of carbonyl (C=O) groups is 2. The van der Waals surface area contributed by atoms with E-state index >= 15 is 0 Å². The van der Waals surface area contributed by atoms with Crippen LogP contribution in [0.15, 0.2) is 48.5 Å². The minimum atomic E-state index is -0.270. The molecule has 0 aromatic heterocycles. The summed E-state index contributed by atoms with van der Waals surface area (Å²) in [6, 6.07) is 15.4. The standard InChI is InChI=1S/C23H28N2O3/c1-4-12-24-22(26)21-15-25(23(27)17-10-8-16(2)9-11-17)14-20(21)18-6-5-7-19(13-18)28-3/h5-11,13,20-21H,4,12,14-15H2,1-3H3,(H,24,26)/t20-,21-/m0/s1. The van der Waals surface area contributed by atoms with Crippen molar-refractivity contribution in [3.8, 4) is 5.75 Å². The molecule has 0 radical (unpaired) electrons. The topological polar surface area (TPSA) is 58.6 Å². The highest BCUT2D eigenvalue weighted by Gasteiger charge is 2.40. The van der Waals surface area contributed by atoms with Crippen molar-refractivity contribution in [3.05, 3.63) is 65.2 Å². The molecular formula is C23H28N2O3. The summed E-state index contributed by atoms with van der Waals surface area (Å²) in [4.78, 5) is 27.6. The molecule has 0 spiro atoms. The number of hydrogen-bond acceptors (Lipinski definition) is 3. The molecule has 1 aliphatic rings. The molecule has 0 bridgehead atoms. The first-order chi connectivity index (χ1) is 13.5. The molecule has 0 unspecified atom stereocenters. The van der Waals surface area contributed by atoms with E-state index in [-0.39, 0.29) is 23.7 Å². The summed E-state index contributed by atoms with van der Waals surface area (Å²) in [5.41, 5.74) is 2.80. The van der Waals surface area contributed by atoms with E-state index in [0.29, 0.717) is 25.2 Å². The molecule has 2 aromatic carbocycles. The van der Waals surface area contributed by atoms with Gasteiger partial charge in [0.2, 0.25) is 5.91 Å². The monoisotopic (exact) mass is 380 g/mol. The summed E-state index contributed by atoms with van der Waals surface area (Å²) in [7, 11) is 1.63. The highest BCUT2D eigenvalue weighted by Crippen LogP contribution is 2.35. The van der Waals surface area contributed by atoms with Gasteiger partial charge in [-0.05, 0) is 43.2 Å². The number of rotatable bonds is 6. The summed E-state index contributed by atoms with van der Waals surface area (Å²) < 4.78 is 5.35. The normalized spacial score (nSPS) is 18.8. The third-order valence-corrected chi connectivity index (χ3v) is 5.31. The Labute approximate surface area is 166 Å². The Balaban J connectivity index is 1.86. The predicted octanol–water partition coefficient (Wildman–Crippen LogP) is 3.39. The number of nitrogens with one attached hydrogen (secondary N) is 1. The fourth-order valence-electron chi connectivity index (χ4n) is 3.70. The number of likely N-dealkylation sites (tertiary alicyclic amines) is 1. The quantitative estimate of drug-likeness (QED) is 0.836.